The lowest BCUT2D eigenvalue weighted by Crippen LogP contribution is -2.45. The van der Waals surface area contributed by atoms with Crippen LogP contribution in [0.3, 0.4) is 0 Å². The average Bonchev–Trinajstić information content (AvgIpc) is 2.39. The van der Waals surface area contributed by atoms with E-state index in [9.17, 15) is 8.42 Å². The topological polar surface area (TPSA) is 58.2 Å². The van der Waals surface area contributed by atoms with Crippen LogP contribution in [0.2, 0.25) is 0 Å². The van der Waals surface area contributed by atoms with E-state index in [1.165, 1.54) is 5.56 Å². The quantitative estimate of drug-likeness (QED) is 0.870. The van der Waals surface area contributed by atoms with Crippen molar-refractivity contribution in [3.05, 3.63) is 29.8 Å². The maximum atomic E-state index is 12.3. The maximum absolute atomic E-state index is 12.3. The molecule has 1 heterocycles. The molecule has 0 radical (unpaired) electrons. The van der Waals surface area contributed by atoms with E-state index in [-0.39, 0.29) is 18.4 Å². The van der Waals surface area contributed by atoms with E-state index >= 15 is 0 Å². The molecule has 0 spiro atoms. The van der Waals surface area contributed by atoms with Crippen LogP contribution in [0, 0.1) is 5.92 Å². The summed E-state index contributed by atoms with van der Waals surface area (Å²) in [6.45, 7) is 6.00. The second-order valence-electron chi connectivity index (χ2n) is 5.91. The molecule has 1 aromatic carbocycles. The van der Waals surface area contributed by atoms with Gasteiger partial charge in [-0.1, -0.05) is 26.0 Å². The van der Waals surface area contributed by atoms with Gasteiger partial charge in [0, 0.05) is 12.6 Å². The van der Waals surface area contributed by atoms with Crippen molar-refractivity contribution >= 4 is 22.4 Å². The summed E-state index contributed by atoms with van der Waals surface area (Å²) in [6.07, 6.45) is 2.89. The molecule has 1 aliphatic rings. The Morgan fingerprint density at radius 3 is 2.48 bits per heavy atom. The zero-order valence-electron chi connectivity index (χ0n) is 12.6. The molecule has 0 unspecified atom stereocenters. The summed E-state index contributed by atoms with van der Waals surface area (Å²) in [7, 11) is -3.40. The van der Waals surface area contributed by atoms with Crippen molar-refractivity contribution in [3.8, 4) is 0 Å². The van der Waals surface area contributed by atoms with Crippen molar-refractivity contribution in [3.63, 3.8) is 0 Å². The lowest BCUT2D eigenvalue weighted by molar-refractivity contribution is 0.428. The fourth-order valence-electron chi connectivity index (χ4n) is 2.52. The Morgan fingerprint density at radius 1 is 1.29 bits per heavy atom. The van der Waals surface area contributed by atoms with Gasteiger partial charge >= 0.3 is 0 Å². The number of benzene rings is 1. The Labute approximate surface area is 134 Å². The Bertz CT molecular complexity index is 523. The van der Waals surface area contributed by atoms with E-state index < -0.39 is 10.0 Å². The summed E-state index contributed by atoms with van der Waals surface area (Å²) in [6, 6.07) is 7.23. The second-order valence-corrected chi connectivity index (χ2v) is 7.62. The minimum Gasteiger partial charge on any atom is -0.315 e. The van der Waals surface area contributed by atoms with Gasteiger partial charge in [-0.2, -0.15) is 0 Å². The molecular weight excluding hydrogens is 308 g/mol. The molecule has 1 aliphatic heterocycles. The predicted molar refractivity (Wildman–Crippen MR) is 88.4 cm³/mol. The minimum atomic E-state index is -3.40. The third-order valence-corrected chi connectivity index (χ3v) is 5.03. The largest absolute Gasteiger partial charge is 0.315 e. The summed E-state index contributed by atoms with van der Waals surface area (Å²) in [4.78, 5) is 0.357. The van der Waals surface area contributed by atoms with Gasteiger partial charge in [0.2, 0.25) is 10.0 Å². The number of hydrogen-bond acceptors (Lipinski definition) is 3. The van der Waals surface area contributed by atoms with Crippen LogP contribution in [-0.4, -0.2) is 27.5 Å². The van der Waals surface area contributed by atoms with Crippen LogP contribution in [0.4, 0.5) is 0 Å². The Balaban J connectivity index is 0.00000220. The molecule has 1 atom stereocenters. The summed E-state index contributed by atoms with van der Waals surface area (Å²) < 4.78 is 27.4. The SMILES string of the molecule is CC(C)Cc1ccc(S(=O)(=O)N[C@H]2CCCNC2)cc1.Cl. The zero-order chi connectivity index (χ0) is 14.6. The predicted octanol–water partition coefficient (Wildman–Crippen LogP) is 2.34. The van der Waals surface area contributed by atoms with Crippen LogP contribution in [0.15, 0.2) is 29.2 Å². The minimum absolute atomic E-state index is 0. The van der Waals surface area contributed by atoms with E-state index in [0.717, 1.165) is 25.8 Å². The maximum Gasteiger partial charge on any atom is 0.240 e. The lowest BCUT2D eigenvalue weighted by atomic mass is 10.0. The molecule has 120 valence electrons. The highest BCUT2D eigenvalue weighted by Gasteiger charge is 2.21. The molecule has 21 heavy (non-hydrogen) atoms. The number of halogens is 1. The van der Waals surface area contributed by atoms with Gasteiger partial charge in [0.25, 0.3) is 0 Å². The third-order valence-electron chi connectivity index (χ3n) is 3.50. The van der Waals surface area contributed by atoms with Crippen molar-refractivity contribution in [1.82, 2.24) is 10.0 Å². The number of piperidine rings is 1. The van der Waals surface area contributed by atoms with Gasteiger partial charge in [0.05, 0.1) is 4.90 Å². The number of nitrogens with one attached hydrogen (secondary N) is 2. The van der Waals surface area contributed by atoms with Crippen LogP contribution in [0.1, 0.15) is 32.3 Å². The first-order valence-corrected chi connectivity index (χ1v) is 8.77. The molecular formula is C15H25ClN2O2S. The van der Waals surface area contributed by atoms with E-state index in [1.54, 1.807) is 12.1 Å². The number of hydrogen-bond donors (Lipinski definition) is 2. The molecule has 0 saturated carbocycles. The highest BCUT2D eigenvalue weighted by atomic mass is 35.5. The molecule has 1 aromatic rings. The average molecular weight is 333 g/mol. The Hall–Kier alpha value is -0.620. The van der Waals surface area contributed by atoms with Gasteiger partial charge in [0.15, 0.2) is 0 Å². The third kappa shape index (κ3) is 5.58. The summed E-state index contributed by atoms with van der Waals surface area (Å²) in [5.74, 6) is 0.573. The van der Waals surface area contributed by atoms with E-state index in [2.05, 4.69) is 23.9 Å². The van der Waals surface area contributed by atoms with Gasteiger partial charge < -0.3 is 5.32 Å². The van der Waals surface area contributed by atoms with Crippen LogP contribution >= 0.6 is 12.4 Å². The van der Waals surface area contributed by atoms with Gasteiger partial charge in [0.1, 0.15) is 0 Å². The summed E-state index contributed by atoms with van der Waals surface area (Å²) in [5.41, 5.74) is 1.18. The first kappa shape index (κ1) is 18.4. The van der Waals surface area contributed by atoms with Crippen LogP contribution < -0.4 is 10.0 Å². The Kier molecular flexibility index (Phi) is 7.13. The molecule has 2 N–H and O–H groups in total. The van der Waals surface area contributed by atoms with Gasteiger partial charge in [-0.05, 0) is 49.4 Å². The molecule has 1 saturated heterocycles. The first-order valence-electron chi connectivity index (χ1n) is 7.29. The fraction of sp³-hybridized carbons (Fsp3) is 0.600. The molecule has 6 heteroatoms. The van der Waals surface area contributed by atoms with Crippen molar-refractivity contribution in [2.45, 2.75) is 44.0 Å². The molecule has 1 fully saturated rings. The molecule has 0 bridgehead atoms. The number of rotatable bonds is 5. The lowest BCUT2D eigenvalue weighted by Gasteiger charge is -2.23. The number of sulfonamides is 1. The van der Waals surface area contributed by atoms with Crippen LogP contribution in [-0.2, 0) is 16.4 Å². The van der Waals surface area contributed by atoms with Crippen molar-refractivity contribution in [1.29, 1.82) is 0 Å². The van der Waals surface area contributed by atoms with E-state index in [0.29, 0.717) is 17.4 Å². The molecule has 2 rings (SSSR count). The van der Waals surface area contributed by atoms with Crippen molar-refractivity contribution < 1.29 is 8.42 Å². The summed E-state index contributed by atoms with van der Waals surface area (Å²) >= 11 is 0. The van der Waals surface area contributed by atoms with Crippen molar-refractivity contribution in [2.24, 2.45) is 5.92 Å². The van der Waals surface area contributed by atoms with Crippen molar-refractivity contribution in [2.75, 3.05) is 13.1 Å². The monoisotopic (exact) mass is 332 g/mol. The zero-order valence-corrected chi connectivity index (χ0v) is 14.3. The molecule has 0 aliphatic carbocycles. The van der Waals surface area contributed by atoms with E-state index in [4.69, 9.17) is 0 Å². The summed E-state index contributed by atoms with van der Waals surface area (Å²) in [5, 5.41) is 3.21. The molecule has 4 nitrogen and oxygen atoms in total. The standard InChI is InChI=1S/C15H24N2O2S.ClH/c1-12(2)10-13-5-7-15(8-6-13)20(18,19)17-14-4-3-9-16-11-14;/h5-8,12,14,16-17H,3-4,9-11H2,1-2H3;1H/t14-;/m0./s1. The highest BCUT2D eigenvalue weighted by Crippen LogP contribution is 2.15. The van der Waals surface area contributed by atoms with E-state index in [1.807, 2.05) is 12.1 Å². The smallest absolute Gasteiger partial charge is 0.240 e. The first-order chi connectivity index (χ1) is 9.47. The van der Waals surface area contributed by atoms with Crippen LogP contribution in [0.25, 0.3) is 0 Å². The van der Waals surface area contributed by atoms with Gasteiger partial charge in [-0.3, -0.25) is 0 Å². The second kappa shape index (κ2) is 8.13. The normalized spacial score (nSPS) is 19.3. The van der Waals surface area contributed by atoms with Gasteiger partial charge in [-0.25, -0.2) is 13.1 Å². The van der Waals surface area contributed by atoms with Gasteiger partial charge in [-0.15, -0.1) is 12.4 Å². The molecule has 0 aromatic heterocycles. The highest BCUT2D eigenvalue weighted by molar-refractivity contribution is 7.89. The Morgan fingerprint density at radius 2 is 1.95 bits per heavy atom. The fourth-order valence-corrected chi connectivity index (χ4v) is 3.79. The molecule has 0 amide bonds. The van der Waals surface area contributed by atoms with Crippen LogP contribution in [0.5, 0.6) is 0 Å².